The highest BCUT2D eigenvalue weighted by Crippen LogP contribution is 2.26. The van der Waals surface area contributed by atoms with E-state index in [4.69, 9.17) is 9.72 Å². The smallest absolute Gasteiger partial charge is 0.320 e. The standard InChI is InChI=1S/C23H33N3O3/c1-2-29-22(27)16-25-14-19(15-25)23(28)26-11-9-17(10-12-26)13-20-8-7-18-5-3-4-6-21(18)24-20/h7-8,17,19H,2-6,9-16H2,1H3. The van der Waals surface area contributed by atoms with Crippen LogP contribution in [-0.4, -0.2) is 66.0 Å². The zero-order valence-corrected chi connectivity index (χ0v) is 17.6. The number of esters is 1. The number of aromatic nitrogens is 1. The number of ether oxygens (including phenoxy) is 1. The monoisotopic (exact) mass is 399 g/mol. The summed E-state index contributed by atoms with van der Waals surface area (Å²) in [6.07, 6.45) is 8.02. The zero-order chi connectivity index (χ0) is 20.2. The predicted octanol–water partition coefficient (Wildman–Crippen LogP) is 2.24. The Morgan fingerprint density at radius 1 is 1.14 bits per heavy atom. The Bertz CT molecular complexity index is 737. The van der Waals surface area contributed by atoms with Crippen molar-refractivity contribution in [3.05, 3.63) is 29.1 Å². The Balaban J connectivity index is 1.20. The van der Waals surface area contributed by atoms with Crippen molar-refractivity contribution in [2.45, 2.75) is 51.9 Å². The molecule has 3 heterocycles. The van der Waals surface area contributed by atoms with E-state index in [9.17, 15) is 9.59 Å². The molecule has 0 radical (unpaired) electrons. The lowest BCUT2D eigenvalue weighted by molar-refractivity contribution is -0.151. The van der Waals surface area contributed by atoms with Gasteiger partial charge in [-0.15, -0.1) is 0 Å². The summed E-state index contributed by atoms with van der Waals surface area (Å²) < 4.78 is 4.97. The van der Waals surface area contributed by atoms with Crippen molar-refractivity contribution in [2.24, 2.45) is 11.8 Å². The van der Waals surface area contributed by atoms with Crippen LogP contribution in [0.5, 0.6) is 0 Å². The highest BCUT2D eigenvalue weighted by molar-refractivity contribution is 5.81. The van der Waals surface area contributed by atoms with E-state index in [0.717, 1.165) is 38.8 Å². The fourth-order valence-corrected chi connectivity index (χ4v) is 4.90. The maximum atomic E-state index is 12.7. The molecule has 2 saturated heterocycles. The van der Waals surface area contributed by atoms with Gasteiger partial charge in [0, 0.05) is 37.6 Å². The molecule has 0 saturated carbocycles. The highest BCUT2D eigenvalue weighted by Gasteiger charge is 2.37. The van der Waals surface area contributed by atoms with Crippen LogP contribution in [0, 0.1) is 11.8 Å². The Labute approximate surface area is 173 Å². The normalized spacial score (nSPS) is 20.8. The Kier molecular flexibility index (Phi) is 6.48. The van der Waals surface area contributed by atoms with Crippen LogP contribution >= 0.6 is 0 Å². The summed E-state index contributed by atoms with van der Waals surface area (Å²) in [5, 5.41) is 0. The van der Waals surface area contributed by atoms with E-state index < -0.39 is 0 Å². The van der Waals surface area contributed by atoms with Gasteiger partial charge in [-0.25, -0.2) is 0 Å². The molecule has 2 aliphatic heterocycles. The van der Waals surface area contributed by atoms with Crippen molar-refractivity contribution >= 4 is 11.9 Å². The fraction of sp³-hybridized carbons (Fsp3) is 0.696. The predicted molar refractivity (Wildman–Crippen MR) is 110 cm³/mol. The lowest BCUT2D eigenvalue weighted by Crippen LogP contribution is -2.56. The van der Waals surface area contributed by atoms with Crippen LogP contribution in [0.4, 0.5) is 0 Å². The molecule has 1 aliphatic carbocycles. The minimum atomic E-state index is -0.199. The lowest BCUT2D eigenvalue weighted by Gasteiger charge is -2.41. The molecule has 6 nitrogen and oxygen atoms in total. The van der Waals surface area contributed by atoms with Gasteiger partial charge >= 0.3 is 5.97 Å². The second-order valence-corrected chi connectivity index (χ2v) is 8.78. The Morgan fingerprint density at radius 2 is 1.90 bits per heavy atom. The number of fused-ring (bicyclic) bond motifs is 1. The third-order valence-corrected chi connectivity index (χ3v) is 6.62. The largest absolute Gasteiger partial charge is 0.465 e. The molecule has 0 bridgehead atoms. The number of nitrogens with zero attached hydrogens (tertiary/aromatic N) is 3. The van der Waals surface area contributed by atoms with E-state index in [0.29, 0.717) is 32.2 Å². The van der Waals surface area contributed by atoms with Crippen molar-refractivity contribution < 1.29 is 14.3 Å². The maximum Gasteiger partial charge on any atom is 0.320 e. The first kappa shape index (κ1) is 20.3. The Morgan fingerprint density at radius 3 is 2.66 bits per heavy atom. The van der Waals surface area contributed by atoms with Crippen molar-refractivity contribution in [3.8, 4) is 0 Å². The van der Waals surface area contributed by atoms with Crippen molar-refractivity contribution in [3.63, 3.8) is 0 Å². The van der Waals surface area contributed by atoms with Crippen molar-refractivity contribution in [2.75, 3.05) is 39.3 Å². The van der Waals surface area contributed by atoms with Gasteiger partial charge in [0.2, 0.25) is 5.91 Å². The number of likely N-dealkylation sites (tertiary alicyclic amines) is 2. The maximum absolute atomic E-state index is 12.7. The highest BCUT2D eigenvalue weighted by atomic mass is 16.5. The molecule has 158 valence electrons. The van der Waals surface area contributed by atoms with Gasteiger partial charge in [0.05, 0.1) is 19.1 Å². The molecule has 1 aromatic heterocycles. The average molecular weight is 400 g/mol. The van der Waals surface area contributed by atoms with E-state index >= 15 is 0 Å². The number of hydrogen-bond donors (Lipinski definition) is 0. The van der Waals surface area contributed by atoms with Gasteiger partial charge in [-0.3, -0.25) is 19.5 Å². The van der Waals surface area contributed by atoms with Gasteiger partial charge in [-0.05, 0) is 69.4 Å². The minimum Gasteiger partial charge on any atom is -0.465 e. The lowest BCUT2D eigenvalue weighted by atomic mass is 9.89. The summed E-state index contributed by atoms with van der Waals surface area (Å²) >= 11 is 0. The summed E-state index contributed by atoms with van der Waals surface area (Å²) in [4.78, 5) is 33.2. The molecule has 1 amide bonds. The Hall–Kier alpha value is -1.95. The first-order chi connectivity index (χ1) is 14.1. The minimum absolute atomic E-state index is 0.0447. The van der Waals surface area contributed by atoms with Gasteiger partial charge in [0.15, 0.2) is 0 Å². The molecule has 0 atom stereocenters. The van der Waals surface area contributed by atoms with Crippen molar-refractivity contribution in [1.82, 2.24) is 14.8 Å². The van der Waals surface area contributed by atoms with Gasteiger partial charge in [0.25, 0.3) is 0 Å². The number of amides is 1. The molecule has 1 aromatic rings. The fourth-order valence-electron chi connectivity index (χ4n) is 4.90. The van der Waals surface area contributed by atoms with E-state index in [2.05, 4.69) is 12.1 Å². The number of aryl methyl sites for hydroxylation is 2. The van der Waals surface area contributed by atoms with Gasteiger partial charge in [-0.1, -0.05) is 6.07 Å². The molecule has 0 N–H and O–H groups in total. The molecule has 0 spiro atoms. The summed E-state index contributed by atoms with van der Waals surface area (Å²) in [6, 6.07) is 4.50. The molecular weight excluding hydrogens is 366 g/mol. The van der Waals surface area contributed by atoms with Crippen LogP contribution in [0.3, 0.4) is 0 Å². The second kappa shape index (κ2) is 9.24. The molecule has 0 unspecified atom stereocenters. The van der Waals surface area contributed by atoms with Crippen LogP contribution in [0.15, 0.2) is 12.1 Å². The van der Waals surface area contributed by atoms with Gasteiger partial charge in [0.1, 0.15) is 0 Å². The number of rotatable bonds is 6. The van der Waals surface area contributed by atoms with Crippen LogP contribution in [0.1, 0.15) is 49.6 Å². The second-order valence-electron chi connectivity index (χ2n) is 8.78. The molecule has 29 heavy (non-hydrogen) atoms. The van der Waals surface area contributed by atoms with Gasteiger partial charge < -0.3 is 9.64 Å². The number of piperidine rings is 1. The summed E-state index contributed by atoms with van der Waals surface area (Å²) in [6.45, 7) is 5.57. The van der Waals surface area contributed by atoms with E-state index in [1.165, 1.54) is 36.2 Å². The number of carbonyl (C=O) groups is 2. The first-order valence-electron chi connectivity index (χ1n) is 11.3. The van der Waals surface area contributed by atoms with E-state index in [1.54, 1.807) is 0 Å². The topological polar surface area (TPSA) is 62.7 Å². The zero-order valence-electron chi connectivity index (χ0n) is 17.6. The average Bonchev–Trinajstić information content (AvgIpc) is 2.70. The van der Waals surface area contributed by atoms with E-state index in [-0.39, 0.29) is 17.8 Å². The van der Waals surface area contributed by atoms with Crippen molar-refractivity contribution in [1.29, 1.82) is 0 Å². The molecule has 2 fully saturated rings. The molecule has 4 rings (SSSR count). The van der Waals surface area contributed by atoms with E-state index in [1.807, 2.05) is 16.7 Å². The summed E-state index contributed by atoms with van der Waals surface area (Å²) in [7, 11) is 0. The van der Waals surface area contributed by atoms with Crippen LogP contribution < -0.4 is 0 Å². The van der Waals surface area contributed by atoms with Crippen LogP contribution in [0.2, 0.25) is 0 Å². The molecule has 0 aromatic carbocycles. The molecule has 3 aliphatic rings. The number of carbonyl (C=O) groups excluding carboxylic acids is 2. The van der Waals surface area contributed by atoms with Gasteiger partial charge in [-0.2, -0.15) is 0 Å². The summed E-state index contributed by atoms with van der Waals surface area (Å²) in [5.74, 6) is 0.726. The van der Waals surface area contributed by atoms with Crippen LogP contribution in [-0.2, 0) is 33.6 Å². The van der Waals surface area contributed by atoms with Crippen LogP contribution in [0.25, 0.3) is 0 Å². The summed E-state index contributed by atoms with van der Waals surface area (Å²) in [5.41, 5.74) is 3.99. The molecular formula is C23H33N3O3. The quantitative estimate of drug-likeness (QED) is 0.687. The first-order valence-corrected chi connectivity index (χ1v) is 11.3. The third-order valence-electron chi connectivity index (χ3n) is 6.62. The third kappa shape index (κ3) is 4.97. The number of hydrogen-bond acceptors (Lipinski definition) is 5. The SMILES string of the molecule is CCOC(=O)CN1CC(C(=O)N2CCC(Cc3ccc4c(n3)CCCC4)CC2)C1. The number of pyridine rings is 1. The molecule has 6 heteroatoms.